The van der Waals surface area contributed by atoms with E-state index >= 15 is 0 Å². The summed E-state index contributed by atoms with van der Waals surface area (Å²) in [5, 5.41) is 11.5. The van der Waals surface area contributed by atoms with Crippen LogP contribution in [0.25, 0.3) is 0 Å². The lowest BCUT2D eigenvalue weighted by Gasteiger charge is -2.32. The van der Waals surface area contributed by atoms with Crippen LogP contribution in [0.5, 0.6) is 0 Å². The highest BCUT2D eigenvalue weighted by atomic mass is 16.6. The lowest BCUT2D eigenvalue weighted by atomic mass is 9.86. The summed E-state index contributed by atoms with van der Waals surface area (Å²) < 4.78 is 5.36. The van der Waals surface area contributed by atoms with Crippen molar-refractivity contribution < 1.29 is 19.4 Å². The Balaban J connectivity index is 4.66. The molecule has 2 N–H and O–H groups in total. The molecular formula is C14H25NO4. The highest BCUT2D eigenvalue weighted by molar-refractivity contribution is 5.80. The molecule has 1 atom stereocenters. The van der Waals surface area contributed by atoms with Gasteiger partial charge in [-0.3, -0.25) is 4.79 Å². The quantitative estimate of drug-likeness (QED) is 0.590. The van der Waals surface area contributed by atoms with Crippen molar-refractivity contribution in [3.05, 3.63) is 12.2 Å². The molecule has 5 heteroatoms. The van der Waals surface area contributed by atoms with Crippen molar-refractivity contribution in [1.82, 2.24) is 5.32 Å². The van der Waals surface area contributed by atoms with Gasteiger partial charge < -0.3 is 15.2 Å². The number of hydrogen-bond donors (Lipinski definition) is 2. The van der Waals surface area contributed by atoms with Crippen molar-refractivity contribution in [2.24, 2.45) is 5.41 Å². The van der Waals surface area contributed by atoms with Crippen LogP contribution in [0.15, 0.2) is 12.2 Å². The third-order valence-electron chi connectivity index (χ3n) is 2.21. The Kier molecular flexibility index (Phi) is 6.22. The van der Waals surface area contributed by atoms with Crippen LogP contribution in [0.3, 0.4) is 0 Å². The second-order valence-electron chi connectivity index (χ2n) is 6.48. The Morgan fingerprint density at radius 3 is 2.11 bits per heavy atom. The second-order valence-corrected chi connectivity index (χ2v) is 6.48. The molecule has 0 amide bonds. The molecule has 0 aromatic heterocycles. The maximum absolute atomic E-state index is 12.1. The average molecular weight is 271 g/mol. The van der Waals surface area contributed by atoms with Gasteiger partial charge in [-0.15, -0.1) is 0 Å². The summed E-state index contributed by atoms with van der Waals surface area (Å²) in [4.78, 5) is 22.5. The molecule has 0 fully saturated rings. The Bertz CT molecular complexity index is 347. The van der Waals surface area contributed by atoms with Crippen molar-refractivity contribution >= 4 is 11.9 Å². The van der Waals surface area contributed by atoms with Crippen LogP contribution in [0.1, 0.15) is 41.5 Å². The number of esters is 1. The molecule has 0 unspecified atom stereocenters. The normalized spacial score (nSPS) is 14.4. The monoisotopic (exact) mass is 271 g/mol. The van der Waals surface area contributed by atoms with E-state index in [1.165, 1.54) is 6.08 Å². The second kappa shape index (κ2) is 6.70. The van der Waals surface area contributed by atoms with Crippen molar-refractivity contribution in [1.29, 1.82) is 0 Å². The first kappa shape index (κ1) is 17.6. The van der Waals surface area contributed by atoms with E-state index in [0.29, 0.717) is 6.54 Å². The van der Waals surface area contributed by atoms with Crippen molar-refractivity contribution in [3.8, 4) is 0 Å². The summed E-state index contributed by atoms with van der Waals surface area (Å²) in [5.74, 6) is -1.34. The summed E-state index contributed by atoms with van der Waals surface area (Å²) in [6.45, 7) is 11.5. The van der Waals surface area contributed by atoms with E-state index in [-0.39, 0.29) is 11.4 Å². The minimum Gasteiger partial charge on any atom is -0.478 e. The predicted octanol–water partition coefficient (Wildman–Crippen LogP) is 1.97. The number of rotatable bonds is 5. The molecule has 0 rings (SSSR count). The highest BCUT2D eigenvalue weighted by Gasteiger charge is 2.34. The standard InChI is InChI=1S/C14H25NO4/c1-13(2,3)11(12(18)19-14(4,5)6)15-9-7-8-10(16)17/h7-8,11,15H,9H2,1-6H3,(H,16,17)/b8-7+/t11-/m0/s1. The number of carbonyl (C=O) groups excluding carboxylic acids is 1. The molecule has 0 bridgehead atoms. The number of ether oxygens (including phenoxy) is 1. The fraction of sp³-hybridized carbons (Fsp3) is 0.714. The first-order valence-corrected chi connectivity index (χ1v) is 6.29. The van der Waals surface area contributed by atoms with Crippen LogP contribution in [0, 0.1) is 5.41 Å². The third kappa shape index (κ3) is 8.37. The molecule has 0 aliphatic heterocycles. The lowest BCUT2D eigenvalue weighted by Crippen LogP contribution is -2.49. The minimum absolute atomic E-state index is 0.299. The van der Waals surface area contributed by atoms with Gasteiger partial charge in [0.15, 0.2) is 0 Å². The van der Waals surface area contributed by atoms with Crippen molar-refractivity contribution in [2.75, 3.05) is 6.54 Å². The van der Waals surface area contributed by atoms with Gasteiger partial charge in [0.2, 0.25) is 0 Å². The molecule has 0 aliphatic rings. The van der Waals surface area contributed by atoms with Crippen LogP contribution < -0.4 is 5.32 Å². The molecule has 5 nitrogen and oxygen atoms in total. The lowest BCUT2D eigenvalue weighted by molar-refractivity contribution is -0.160. The largest absolute Gasteiger partial charge is 0.478 e. The SMILES string of the molecule is CC(C)(C)OC(=O)[C@H](NC/C=C/C(=O)O)C(C)(C)C. The molecule has 19 heavy (non-hydrogen) atoms. The van der Waals surface area contributed by atoms with E-state index in [9.17, 15) is 9.59 Å². The molecule has 0 aliphatic carbocycles. The van der Waals surface area contributed by atoms with E-state index in [1.54, 1.807) is 0 Å². The molecule has 110 valence electrons. The molecule has 0 saturated carbocycles. The van der Waals surface area contributed by atoms with Gasteiger partial charge in [0.1, 0.15) is 11.6 Å². The topological polar surface area (TPSA) is 75.6 Å². The summed E-state index contributed by atoms with van der Waals surface area (Å²) in [5.41, 5.74) is -0.863. The maximum atomic E-state index is 12.1. The van der Waals surface area contributed by atoms with Crippen LogP contribution in [-0.2, 0) is 14.3 Å². The number of carbonyl (C=O) groups is 2. The van der Waals surface area contributed by atoms with Gasteiger partial charge in [0.05, 0.1) is 0 Å². The van der Waals surface area contributed by atoms with E-state index in [2.05, 4.69) is 5.32 Å². The fourth-order valence-corrected chi connectivity index (χ4v) is 1.45. The third-order valence-corrected chi connectivity index (χ3v) is 2.21. The zero-order valence-electron chi connectivity index (χ0n) is 12.6. The summed E-state index contributed by atoms with van der Waals surface area (Å²) in [6.07, 6.45) is 2.51. The Morgan fingerprint density at radius 2 is 1.74 bits per heavy atom. The highest BCUT2D eigenvalue weighted by Crippen LogP contribution is 2.22. The van der Waals surface area contributed by atoms with Gasteiger partial charge in [0.25, 0.3) is 0 Å². The molecule has 0 saturated heterocycles. The van der Waals surface area contributed by atoms with Crippen LogP contribution in [-0.4, -0.2) is 35.2 Å². The van der Waals surface area contributed by atoms with E-state index in [1.807, 2.05) is 41.5 Å². The number of aliphatic carboxylic acids is 1. The van der Waals surface area contributed by atoms with Gasteiger partial charge in [-0.25, -0.2) is 4.79 Å². The van der Waals surface area contributed by atoms with Crippen molar-refractivity contribution in [2.45, 2.75) is 53.2 Å². The predicted molar refractivity (Wildman–Crippen MR) is 73.9 cm³/mol. The summed E-state index contributed by atoms with van der Waals surface area (Å²) in [7, 11) is 0. The van der Waals surface area contributed by atoms with E-state index in [0.717, 1.165) is 6.08 Å². The first-order chi connectivity index (χ1) is 8.43. The zero-order valence-corrected chi connectivity index (χ0v) is 12.6. The van der Waals surface area contributed by atoms with E-state index < -0.39 is 17.6 Å². The Morgan fingerprint density at radius 1 is 1.21 bits per heavy atom. The molecular weight excluding hydrogens is 246 g/mol. The summed E-state index contributed by atoms with van der Waals surface area (Å²) >= 11 is 0. The number of carboxylic acids is 1. The van der Waals surface area contributed by atoms with E-state index in [4.69, 9.17) is 9.84 Å². The fourth-order valence-electron chi connectivity index (χ4n) is 1.45. The first-order valence-electron chi connectivity index (χ1n) is 6.29. The van der Waals surface area contributed by atoms with Crippen LogP contribution >= 0.6 is 0 Å². The molecule has 0 heterocycles. The van der Waals surface area contributed by atoms with Gasteiger partial charge in [-0.1, -0.05) is 26.8 Å². The maximum Gasteiger partial charge on any atom is 0.328 e. The Hall–Kier alpha value is -1.36. The zero-order chi connectivity index (χ0) is 15.3. The molecule has 0 radical (unpaired) electrons. The van der Waals surface area contributed by atoms with Crippen LogP contribution in [0.2, 0.25) is 0 Å². The minimum atomic E-state index is -1.01. The molecule has 0 aromatic rings. The van der Waals surface area contributed by atoms with Gasteiger partial charge in [-0.2, -0.15) is 0 Å². The van der Waals surface area contributed by atoms with Gasteiger partial charge in [0, 0.05) is 12.6 Å². The molecule has 0 spiro atoms. The molecule has 0 aromatic carbocycles. The summed E-state index contributed by atoms with van der Waals surface area (Å²) in [6, 6.07) is -0.495. The van der Waals surface area contributed by atoms with Crippen LogP contribution in [0.4, 0.5) is 0 Å². The smallest absolute Gasteiger partial charge is 0.328 e. The Labute approximate surface area is 115 Å². The number of hydrogen-bond acceptors (Lipinski definition) is 4. The van der Waals surface area contributed by atoms with Gasteiger partial charge in [-0.05, 0) is 26.2 Å². The average Bonchev–Trinajstić information content (AvgIpc) is 2.11. The van der Waals surface area contributed by atoms with Crippen molar-refractivity contribution in [3.63, 3.8) is 0 Å². The number of carboxylic acid groups (broad SMARTS) is 1. The van der Waals surface area contributed by atoms with Gasteiger partial charge >= 0.3 is 11.9 Å². The number of nitrogens with one attached hydrogen (secondary N) is 1.